The van der Waals surface area contributed by atoms with E-state index in [1.165, 1.54) is 11.1 Å². The average Bonchev–Trinajstić information content (AvgIpc) is 3.29. The van der Waals surface area contributed by atoms with Gasteiger partial charge in [0, 0.05) is 43.1 Å². The number of benzene rings is 2. The predicted molar refractivity (Wildman–Crippen MR) is 122 cm³/mol. The first-order valence-electron chi connectivity index (χ1n) is 10.8. The number of halogens is 1. The summed E-state index contributed by atoms with van der Waals surface area (Å²) in [6.07, 6.45) is 0.672. The van der Waals surface area contributed by atoms with E-state index in [2.05, 4.69) is 51.5 Å². The molecule has 1 saturated heterocycles. The number of rotatable bonds is 8. The average molecular weight is 455 g/mol. The van der Waals surface area contributed by atoms with Crippen molar-refractivity contribution in [2.45, 2.75) is 25.8 Å². The van der Waals surface area contributed by atoms with Crippen molar-refractivity contribution in [2.75, 3.05) is 32.8 Å². The molecule has 1 amide bonds. The van der Waals surface area contributed by atoms with Gasteiger partial charge in [0.1, 0.15) is 0 Å². The minimum atomic E-state index is -0.0402. The second-order valence-electron chi connectivity index (χ2n) is 7.90. The van der Waals surface area contributed by atoms with Crippen LogP contribution in [0.15, 0.2) is 53.1 Å². The Morgan fingerprint density at radius 3 is 2.56 bits per heavy atom. The highest BCUT2D eigenvalue weighted by Gasteiger charge is 2.23. The van der Waals surface area contributed by atoms with Crippen molar-refractivity contribution < 1.29 is 14.1 Å². The third-order valence-electron chi connectivity index (χ3n) is 5.58. The zero-order valence-corrected chi connectivity index (χ0v) is 18.8. The van der Waals surface area contributed by atoms with Crippen molar-refractivity contribution in [1.29, 1.82) is 0 Å². The summed E-state index contributed by atoms with van der Waals surface area (Å²) in [7, 11) is 0. The molecule has 0 spiro atoms. The normalized spacial score (nSPS) is 15.4. The monoisotopic (exact) mass is 454 g/mol. The molecule has 32 heavy (non-hydrogen) atoms. The van der Waals surface area contributed by atoms with Crippen molar-refractivity contribution in [3.63, 3.8) is 0 Å². The molecule has 2 aromatic carbocycles. The van der Waals surface area contributed by atoms with Crippen molar-refractivity contribution in [1.82, 2.24) is 20.4 Å². The second-order valence-corrected chi connectivity index (χ2v) is 8.33. The van der Waals surface area contributed by atoms with Crippen LogP contribution >= 0.6 is 11.6 Å². The van der Waals surface area contributed by atoms with Crippen LogP contribution in [0, 0.1) is 6.92 Å². The van der Waals surface area contributed by atoms with Gasteiger partial charge in [0.15, 0.2) is 0 Å². The number of ether oxygens (including phenoxy) is 1. The maximum absolute atomic E-state index is 12.5. The van der Waals surface area contributed by atoms with Crippen LogP contribution < -0.4 is 5.32 Å². The van der Waals surface area contributed by atoms with Crippen LogP contribution in [0.25, 0.3) is 11.4 Å². The number of aryl methyl sites for hydroxylation is 2. The van der Waals surface area contributed by atoms with Gasteiger partial charge in [-0.3, -0.25) is 9.69 Å². The fourth-order valence-corrected chi connectivity index (χ4v) is 3.85. The third kappa shape index (κ3) is 5.94. The van der Waals surface area contributed by atoms with Gasteiger partial charge >= 0.3 is 0 Å². The van der Waals surface area contributed by atoms with E-state index in [0.717, 1.165) is 18.7 Å². The maximum atomic E-state index is 12.5. The van der Waals surface area contributed by atoms with Gasteiger partial charge in [0.2, 0.25) is 17.6 Å². The van der Waals surface area contributed by atoms with Gasteiger partial charge in [-0.1, -0.05) is 46.6 Å². The molecule has 0 aliphatic carbocycles. The lowest BCUT2D eigenvalue weighted by atomic mass is 10.0. The molecule has 168 valence electrons. The Morgan fingerprint density at radius 2 is 1.84 bits per heavy atom. The van der Waals surface area contributed by atoms with E-state index in [0.29, 0.717) is 42.9 Å². The zero-order valence-electron chi connectivity index (χ0n) is 18.1. The maximum Gasteiger partial charge on any atom is 0.227 e. The molecule has 0 bridgehead atoms. The number of nitrogens with zero attached hydrogens (tertiary/aromatic N) is 3. The highest BCUT2D eigenvalue weighted by Crippen LogP contribution is 2.22. The Kier molecular flexibility index (Phi) is 7.52. The third-order valence-corrected chi connectivity index (χ3v) is 5.83. The number of amides is 1. The predicted octanol–water partition coefficient (Wildman–Crippen LogP) is 3.82. The quantitative estimate of drug-likeness (QED) is 0.557. The van der Waals surface area contributed by atoms with E-state index in [9.17, 15) is 4.79 Å². The summed E-state index contributed by atoms with van der Waals surface area (Å²) in [5.41, 5.74) is 3.23. The van der Waals surface area contributed by atoms with Gasteiger partial charge < -0.3 is 14.6 Å². The summed E-state index contributed by atoms with van der Waals surface area (Å²) >= 11 is 5.92. The van der Waals surface area contributed by atoms with E-state index in [1.54, 1.807) is 12.1 Å². The standard InChI is InChI=1S/C24H27ClN4O3/c1-17-2-4-18(5-3-17)21(29-12-14-31-15-13-29)16-26-22(30)10-11-23-27-24(28-32-23)19-6-8-20(25)9-7-19/h2-9,21H,10-16H2,1H3,(H,26,30)/t21-/m0/s1. The van der Waals surface area contributed by atoms with Crippen molar-refractivity contribution in [3.05, 3.63) is 70.6 Å². The Morgan fingerprint density at radius 1 is 1.12 bits per heavy atom. The Balaban J connectivity index is 1.32. The largest absolute Gasteiger partial charge is 0.379 e. The highest BCUT2D eigenvalue weighted by atomic mass is 35.5. The molecule has 8 heteroatoms. The van der Waals surface area contributed by atoms with Gasteiger partial charge in [-0.25, -0.2) is 0 Å². The lowest BCUT2D eigenvalue weighted by Crippen LogP contribution is -2.43. The van der Waals surface area contributed by atoms with E-state index >= 15 is 0 Å². The van der Waals surface area contributed by atoms with Gasteiger partial charge in [-0.15, -0.1) is 0 Å². The van der Waals surface area contributed by atoms with Crippen LogP contribution in [0.1, 0.15) is 29.5 Å². The van der Waals surface area contributed by atoms with Crippen LogP contribution in [0.4, 0.5) is 0 Å². The summed E-state index contributed by atoms with van der Waals surface area (Å²) in [6.45, 7) is 5.74. The minimum absolute atomic E-state index is 0.0402. The smallest absolute Gasteiger partial charge is 0.227 e. The number of nitrogens with one attached hydrogen (secondary N) is 1. The van der Waals surface area contributed by atoms with Crippen molar-refractivity contribution in [2.24, 2.45) is 0 Å². The van der Waals surface area contributed by atoms with Crippen LogP contribution in [0.3, 0.4) is 0 Å². The molecular weight excluding hydrogens is 428 g/mol. The molecule has 1 aromatic heterocycles. The summed E-state index contributed by atoms with van der Waals surface area (Å²) in [5.74, 6) is 0.888. The number of carbonyl (C=O) groups is 1. The van der Waals surface area contributed by atoms with E-state index < -0.39 is 0 Å². The van der Waals surface area contributed by atoms with Crippen LogP contribution in [0.5, 0.6) is 0 Å². The van der Waals surface area contributed by atoms with E-state index in [4.69, 9.17) is 20.9 Å². The molecule has 1 atom stereocenters. The van der Waals surface area contributed by atoms with E-state index in [1.807, 2.05) is 12.1 Å². The number of hydrogen-bond donors (Lipinski definition) is 1. The molecule has 1 fully saturated rings. The molecule has 3 aromatic rings. The van der Waals surface area contributed by atoms with Gasteiger partial charge in [0.25, 0.3) is 0 Å². The minimum Gasteiger partial charge on any atom is -0.379 e. The van der Waals surface area contributed by atoms with Gasteiger partial charge in [0.05, 0.1) is 19.3 Å². The number of hydrogen-bond acceptors (Lipinski definition) is 6. The summed E-state index contributed by atoms with van der Waals surface area (Å²) in [6, 6.07) is 15.8. The lowest BCUT2D eigenvalue weighted by molar-refractivity contribution is -0.121. The van der Waals surface area contributed by atoms with Gasteiger partial charge in [-0.2, -0.15) is 4.98 Å². The fourth-order valence-electron chi connectivity index (χ4n) is 3.73. The Labute approximate surface area is 192 Å². The Hall–Kier alpha value is -2.74. The van der Waals surface area contributed by atoms with Crippen LogP contribution in [-0.4, -0.2) is 53.8 Å². The SMILES string of the molecule is Cc1ccc([C@H](CNC(=O)CCc2nc(-c3ccc(Cl)cc3)no2)N2CCOCC2)cc1. The van der Waals surface area contributed by atoms with Crippen molar-refractivity contribution in [3.8, 4) is 11.4 Å². The molecule has 4 rings (SSSR count). The number of carbonyl (C=O) groups excluding carboxylic acids is 1. The van der Waals surface area contributed by atoms with E-state index in [-0.39, 0.29) is 18.4 Å². The molecule has 1 N–H and O–H groups in total. The summed E-state index contributed by atoms with van der Waals surface area (Å²) in [4.78, 5) is 19.3. The van der Waals surface area contributed by atoms with Crippen LogP contribution in [-0.2, 0) is 16.0 Å². The molecule has 1 aliphatic rings. The fraction of sp³-hybridized carbons (Fsp3) is 0.375. The van der Waals surface area contributed by atoms with Crippen molar-refractivity contribution >= 4 is 17.5 Å². The topological polar surface area (TPSA) is 80.5 Å². The Bertz CT molecular complexity index is 1010. The summed E-state index contributed by atoms with van der Waals surface area (Å²) in [5, 5.41) is 7.73. The second kappa shape index (κ2) is 10.7. The van der Waals surface area contributed by atoms with Gasteiger partial charge in [-0.05, 0) is 36.8 Å². The first-order chi connectivity index (χ1) is 15.6. The van der Waals surface area contributed by atoms with Crippen LogP contribution in [0.2, 0.25) is 5.02 Å². The molecule has 0 radical (unpaired) electrons. The summed E-state index contributed by atoms with van der Waals surface area (Å²) < 4.78 is 10.8. The molecule has 0 unspecified atom stereocenters. The molecule has 0 saturated carbocycles. The molecular formula is C24H27ClN4O3. The highest BCUT2D eigenvalue weighted by molar-refractivity contribution is 6.30. The molecule has 2 heterocycles. The number of morpholine rings is 1. The molecule has 1 aliphatic heterocycles. The lowest BCUT2D eigenvalue weighted by Gasteiger charge is -2.35. The molecule has 7 nitrogen and oxygen atoms in total. The first kappa shape index (κ1) is 22.5. The number of aromatic nitrogens is 2. The first-order valence-corrected chi connectivity index (χ1v) is 11.2. The zero-order chi connectivity index (χ0) is 22.3.